The van der Waals surface area contributed by atoms with E-state index in [2.05, 4.69) is 13.8 Å². The van der Waals surface area contributed by atoms with Crippen LogP contribution in [0.5, 0.6) is 0 Å². The van der Waals surface area contributed by atoms with Crippen LogP contribution in [0.3, 0.4) is 0 Å². The highest BCUT2D eigenvalue weighted by Gasteiger charge is 2.26. The minimum absolute atomic E-state index is 0.218. The molecule has 0 bridgehead atoms. The van der Waals surface area contributed by atoms with Gasteiger partial charge in [0.25, 0.3) is 0 Å². The second-order valence-electron chi connectivity index (χ2n) is 3.69. The molecule has 0 aromatic heterocycles. The standard InChI is InChI=1S/C11H20O2/c1-3-6-11(10-13,7-4-2)8-5-9-12/h9-10H,3-8H2,1-2H3. The largest absolute Gasteiger partial charge is 0.303 e. The zero-order valence-electron chi connectivity index (χ0n) is 8.71. The van der Waals surface area contributed by atoms with Gasteiger partial charge < -0.3 is 9.59 Å². The highest BCUT2D eigenvalue weighted by molar-refractivity contribution is 5.60. The Balaban J connectivity index is 4.23. The summed E-state index contributed by atoms with van der Waals surface area (Å²) in [5, 5.41) is 0. The Morgan fingerprint density at radius 2 is 1.54 bits per heavy atom. The Kier molecular flexibility index (Phi) is 6.47. The molecule has 0 aromatic rings. The van der Waals surface area contributed by atoms with Gasteiger partial charge in [0.1, 0.15) is 12.6 Å². The maximum absolute atomic E-state index is 11.0. The van der Waals surface area contributed by atoms with Gasteiger partial charge in [-0.1, -0.05) is 26.7 Å². The van der Waals surface area contributed by atoms with Gasteiger partial charge in [0.2, 0.25) is 0 Å². The van der Waals surface area contributed by atoms with Crippen LogP contribution >= 0.6 is 0 Å². The molecular weight excluding hydrogens is 164 g/mol. The smallest absolute Gasteiger partial charge is 0.126 e. The molecule has 0 atom stereocenters. The van der Waals surface area contributed by atoms with Crippen molar-refractivity contribution in [2.75, 3.05) is 0 Å². The number of carbonyl (C=O) groups excluding carboxylic acids is 2. The summed E-state index contributed by atoms with van der Waals surface area (Å²) in [5.41, 5.74) is -0.218. The molecule has 0 aliphatic rings. The highest BCUT2D eigenvalue weighted by atomic mass is 16.1. The van der Waals surface area contributed by atoms with E-state index in [4.69, 9.17) is 0 Å². The Labute approximate surface area is 80.7 Å². The molecule has 0 aliphatic heterocycles. The summed E-state index contributed by atoms with van der Waals surface area (Å²) in [5.74, 6) is 0. The Hall–Kier alpha value is -0.660. The average molecular weight is 184 g/mol. The number of hydrogen-bond acceptors (Lipinski definition) is 2. The first-order valence-electron chi connectivity index (χ1n) is 5.14. The normalized spacial score (nSPS) is 11.2. The summed E-state index contributed by atoms with van der Waals surface area (Å²) >= 11 is 0. The molecule has 0 N–H and O–H groups in total. The van der Waals surface area contributed by atoms with Gasteiger partial charge in [-0.3, -0.25) is 0 Å². The molecular formula is C11H20O2. The van der Waals surface area contributed by atoms with Crippen LogP contribution in [0.15, 0.2) is 0 Å². The fraction of sp³-hybridized carbons (Fsp3) is 0.818. The maximum Gasteiger partial charge on any atom is 0.126 e. The van der Waals surface area contributed by atoms with Crippen molar-refractivity contribution >= 4 is 12.6 Å². The van der Waals surface area contributed by atoms with E-state index in [1.165, 1.54) is 0 Å². The molecule has 0 saturated carbocycles. The van der Waals surface area contributed by atoms with Crippen molar-refractivity contribution in [3.8, 4) is 0 Å². The summed E-state index contributed by atoms with van der Waals surface area (Å²) in [6.07, 6.45) is 7.05. The van der Waals surface area contributed by atoms with Crippen LogP contribution in [-0.4, -0.2) is 12.6 Å². The quantitative estimate of drug-likeness (QED) is 0.543. The highest BCUT2D eigenvalue weighted by Crippen LogP contribution is 2.32. The van der Waals surface area contributed by atoms with Gasteiger partial charge in [0, 0.05) is 11.8 Å². The maximum atomic E-state index is 11.0. The van der Waals surface area contributed by atoms with Crippen molar-refractivity contribution < 1.29 is 9.59 Å². The third-order valence-electron chi connectivity index (χ3n) is 2.51. The third kappa shape index (κ3) is 4.20. The third-order valence-corrected chi connectivity index (χ3v) is 2.51. The lowest BCUT2D eigenvalue weighted by Crippen LogP contribution is -2.22. The molecule has 0 saturated heterocycles. The first-order valence-corrected chi connectivity index (χ1v) is 5.14. The Bertz CT molecular complexity index is 146. The first kappa shape index (κ1) is 12.3. The van der Waals surface area contributed by atoms with Gasteiger partial charge >= 0.3 is 0 Å². The molecule has 2 nitrogen and oxygen atoms in total. The second kappa shape index (κ2) is 6.81. The van der Waals surface area contributed by atoms with Gasteiger partial charge in [0.05, 0.1) is 0 Å². The zero-order chi connectivity index (χ0) is 10.2. The SMILES string of the molecule is CCCC(C=O)(CCC)CCC=O. The predicted octanol–water partition coefficient (Wildman–Crippen LogP) is 2.75. The minimum Gasteiger partial charge on any atom is -0.303 e. The number of hydrogen-bond donors (Lipinski definition) is 0. The zero-order valence-corrected chi connectivity index (χ0v) is 8.71. The molecule has 0 aromatic carbocycles. The molecule has 76 valence electrons. The molecule has 0 spiro atoms. The van der Waals surface area contributed by atoms with Crippen LogP contribution in [0.4, 0.5) is 0 Å². The van der Waals surface area contributed by atoms with Crippen LogP contribution in [-0.2, 0) is 9.59 Å². The Morgan fingerprint density at radius 1 is 1.00 bits per heavy atom. The first-order chi connectivity index (χ1) is 6.24. The average Bonchev–Trinajstić information content (AvgIpc) is 2.15. The molecule has 0 fully saturated rings. The second-order valence-corrected chi connectivity index (χ2v) is 3.69. The van der Waals surface area contributed by atoms with E-state index in [0.717, 1.165) is 44.7 Å². The van der Waals surface area contributed by atoms with Gasteiger partial charge in [-0.05, 0) is 19.3 Å². The van der Waals surface area contributed by atoms with E-state index >= 15 is 0 Å². The summed E-state index contributed by atoms with van der Waals surface area (Å²) in [6, 6.07) is 0. The van der Waals surface area contributed by atoms with E-state index in [1.807, 2.05) is 0 Å². The number of carbonyl (C=O) groups is 2. The summed E-state index contributed by atoms with van der Waals surface area (Å²) in [6.45, 7) is 4.16. The molecule has 0 radical (unpaired) electrons. The van der Waals surface area contributed by atoms with Crippen molar-refractivity contribution in [3.63, 3.8) is 0 Å². The van der Waals surface area contributed by atoms with Gasteiger partial charge in [0.15, 0.2) is 0 Å². The van der Waals surface area contributed by atoms with Gasteiger partial charge in [-0.15, -0.1) is 0 Å². The predicted molar refractivity (Wildman–Crippen MR) is 53.6 cm³/mol. The van der Waals surface area contributed by atoms with Crippen molar-refractivity contribution in [2.45, 2.75) is 52.4 Å². The topological polar surface area (TPSA) is 34.1 Å². The lowest BCUT2D eigenvalue weighted by atomic mass is 9.77. The van der Waals surface area contributed by atoms with Crippen LogP contribution in [0, 0.1) is 5.41 Å². The summed E-state index contributed by atoms with van der Waals surface area (Å²) in [7, 11) is 0. The molecule has 0 aliphatic carbocycles. The van der Waals surface area contributed by atoms with Crippen molar-refractivity contribution in [1.82, 2.24) is 0 Å². The monoisotopic (exact) mass is 184 g/mol. The molecule has 0 unspecified atom stereocenters. The van der Waals surface area contributed by atoms with E-state index in [1.54, 1.807) is 0 Å². The molecule has 0 amide bonds. The van der Waals surface area contributed by atoms with Crippen LogP contribution in [0.1, 0.15) is 52.4 Å². The number of rotatable bonds is 8. The molecule has 13 heavy (non-hydrogen) atoms. The van der Waals surface area contributed by atoms with Crippen LogP contribution in [0.25, 0.3) is 0 Å². The van der Waals surface area contributed by atoms with Crippen molar-refractivity contribution in [2.24, 2.45) is 5.41 Å². The van der Waals surface area contributed by atoms with E-state index < -0.39 is 0 Å². The summed E-state index contributed by atoms with van der Waals surface area (Å²) < 4.78 is 0. The molecule has 2 heteroatoms. The van der Waals surface area contributed by atoms with Crippen molar-refractivity contribution in [3.05, 3.63) is 0 Å². The van der Waals surface area contributed by atoms with Crippen molar-refractivity contribution in [1.29, 1.82) is 0 Å². The lowest BCUT2D eigenvalue weighted by molar-refractivity contribution is -0.118. The van der Waals surface area contributed by atoms with E-state index in [0.29, 0.717) is 6.42 Å². The van der Waals surface area contributed by atoms with Gasteiger partial charge in [-0.2, -0.15) is 0 Å². The van der Waals surface area contributed by atoms with Crippen LogP contribution in [0.2, 0.25) is 0 Å². The molecule has 0 rings (SSSR count). The number of aldehydes is 2. The Morgan fingerprint density at radius 3 is 1.85 bits per heavy atom. The van der Waals surface area contributed by atoms with Crippen LogP contribution < -0.4 is 0 Å². The van der Waals surface area contributed by atoms with E-state index in [9.17, 15) is 9.59 Å². The lowest BCUT2D eigenvalue weighted by Gasteiger charge is -2.26. The minimum atomic E-state index is -0.218. The molecule has 0 heterocycles. The summed E-state index contributed by atoms with van der Waals surface area (Å²) in [4.78, 5) is 21.3. The van der Waals surface area contributed by atoms with E-state index in [-0.39, 0.29) is 5.41 Å². The van der Waals surface area contributed by atoms with Gasteiger partial charge in [-0.25, -0.2) is 0 Å². The fourth-order valence-corrected chi connectivity index (χ4v) is 1.89. The fourth-order valence-electron chi connectivity index (χ4n) is 1.89.